The summed E-state index contributed by atoms with van der Waals surface area (Å²) in [6.07, 6.45) is -3.65. The van der Waals surface area contributed by atoms with E-state index < -0.39 is 104 Å². The predicted octanol–water partition coefficient (Wildman–Crippen LogP) is 4.41. The summed E-state index contributed by atoms with van der Waals surface area (Å²) in [5.41, 5.74) is 0.451. The number of nitrogens with one attached hydrogen (secondary N) is 12. The summed E-state index contributed by atoms with van der Waals surface area (Å²) in [6.45, 7) is 40.8. The number of nitrogens with two attached hydrogens (primary N) is 1. The maximum atomic E-state index is 12.8. The molecule has 0 unspecified atom stereocenters. The van der Waals surface area contributed by atoms with E-state index in [0.29, 0.717) is 79.1 Å². The average Bonchev–Trinajstić information content (AvgIpc) is 0.834. The Balaban J connectivity index is 0. The van der Waals surface area contributed by atoms with Crippen molar-refractivity contribution >= 4 is 72.0 Å². The van der Waals surface area contributed by atoms with Crippen molar-refractivity contribution in [2.24, 2.45) is 5.73 Å². The molecule has 770 valence electrons. The third kappa shape index (κ3) is 87.9. The van der Waals surface area contributed by atoms with Crippen LogP contribution in [-0.4, -0.2) is 359 Å². The standard InChI is InChI=1S/C43H81N7O17.C43H83N7O15/c1-40(2,3)65-37(54)47-19-25-62-31-28-59-22-16-44-34(51)10-13-43(50(57)58,14-11-35(52)45-17-23-60-29-32-63-26-20-48-38(55)66-41(4,5)6)15-12-36(53)46-18-24-61-30-33-64-27-21-49-39(56)67-42(7,8)9;1-40(2,3)63-37(54)48-19-25-60-31-28-57-22-16-45-34(51)10-13-43(44,14-11-35(52)46-17-23-58-29-32-61-26-20-49-38(55)64-41(4,5)6)15-12-36(53)47-18-24-59-30-33-62-27-21-50-39(56)65-42(7,8)9/h10-33H2,1-9H3,(H,44,51)(H,45,52)(H,46,53)(H,47,54)(H,48,55)(H,49,56);10-33,44H2,1-9H3,(H,45,51)(H,46,52)(H,47,53)(H,48,54)(H,49,55)(H,50,56). The molecule has 0 saturated heterocycles. The van der Waals surface area contributed by atoms with Crippen LogP contribution in [0.25, 0.3) is 0 Å². The van der Waals surface area contributed by atoms with Gasteiger partial charge in [0.1, 0.15) is 33.6 Å². The molecular weight excluding hydrogens is 1740 g/mol. The molecule has 0 bridgehead atoms. The van der Waals surface area contributed by atoms with E-state index in [-0.39, 0.29) is 253 Å². The highest BCUT2D eigenvalue weighted by atomic mass is 16.6. The Morgan fingerprint density at radius 3 is 0.455 bits per heavy atom. The molecule has 46 heteroatoms. The van der Waals surface area contributed by atoms with Crippen LogP contribution in [0.15, 0.2) is 0 Å². The molecule has 46 nitrogen and oxygen atoms in total. The molecule has 0 fully saturated rings. The SMILES string of the molecule is CC(C)(C)OC(=O)NCCOCCOCCNC(=O)CCC(CCC(=O)NCCOCCOCCNC(=O)OC(C)(C)C)(CCC(=O)NCCOCCOCCNC(=O)OC(C)(C)C)[N+](=O)[O-].CC(C)(C)OC(=O)NCCOCCOCCNC(=O)CCC(N)(CCC(=O)NCCOCCOCCNC(=O)OC(C)(C)C)CCC(=O)NCCOCCOCCNC(=O)OC(C)(C)C. The summed E-state index contributed by atoms with van der Waals surface area (Å²) in [5.74, 6) is -2.13. The minimum Gasteiger partial charge on any atom is -0.444 e. The van der Waals surface area contributed by atoms with Crippen molar-refractivity contribution in [1.29, 1.82) is 0 Å². The van der Waals surface area contributed by atoms with E-state index in [1.54, 1.807) is 125 Å². The normalized spacial score (nSPS) is 11.9. The average molecular weight is 1910 g/mol. The van der Waals surface area contributed by atoms with Gasteiger partial charge >= 0.3 is 36.6 Å². The minimum atomic E-state index is -1.77. The molecule has 14 N–H and O–H groups in total. The summed E-state index contributed by atoms with van der Waals surface area (Å²) in [6, 6.07) is 0. The molecule has 132 heavy (non-hydrogen) atoms. The lowest BCUT2D eigenvalue weighted by Gasteiger charge is -2.29. The highest BCUT2D eigenvalue weighted by Crippen LogP contribution is 2.30. The highest BCUT2D eigenvalue weighted by molar-refractivity contribution is 5.79. The van der Waals surface area contributed by atoms with E-state index in [2.05, 4.69) is 63.8 Å². The van der Waals surface area contributed by atoms with Crippen molar-refractivity contribution in [3.05, 3.63) is 10.1 Å². The van der Waals surface area contributed by atoms with Crippen molar-refractivity contribution < 1.29 is 148 Å². The summed E-state index contributed by atoms with van der Waals surface area (Å²) < 4.78 is 96.3. The summed E-state index contributed by atoms with van der Waals surface area (Å²) in [7, 11) is 0. The number of rotatable bonds is 73. The van der Waals surface area contributed by atoms with Crippen molar-refractivity contribution in [3.8, 4) is 0 Å². The third-order valence-corrected chi connectivity index (χ3v) is 16.5. The van der Waals surface area contributed by atoms with Gasteiger partial charge in [-0.3, -0.25) is 38.9 Å². The van der Waals surface area contributed by atoms with Gasteiger partial charge in [-0.2, -0.15) is 0 Å². The molecule has 0 aromatic heterocycles. The van der Waals surface area contributed by atoms with Gasteiger partial charge in [-0.25, -0.2) is 28.8 Å². The zero-order valence-corrected chi connectivity index (χ0v) is 82.0. The Kier molecular flexibility index (Phi) is 70.0. The predicted molar refractivity (Wildman–Crippen MR) is 485 cm³/mol. The largest absolute Gasteiger partial charge is 0.444 e. The fraction of sp³-hybridized carbons (Fsp3) is 0.860. The second-order valence-corrected chi connectivity index (χ2v) is 35.9. The van der Waals surface area contributed by atoms with E-state index in [1.807, 2.05) is 0 Å². The number of hydrogen-bond donors (Lipinski definition) is 13. The summed E-state index contributed by atoms with van der Waals surface area (Å²) in [4.78, 5) is 159. The van der Waals surface area contributed by atoms with Gasteiger partial charge in [-0.05, 0) is 144 Å². The molecule has 0 atom stereocenters. The lowest BCUT2D eigenvalue weighted by molar-refractivity contribution is -0.573. The first kappa shape index (κ1) is 125. The Labute approximate surface area is 779 Å². The Morgan fingerprint density at radius 2 is 0.333 bits per heavy atom. The van der Waals surface area contributed by atoms with Crippen molar-refractivity contribution in [2.75, 3.05) is 237 Å². The molecule has 0 aromatic carbocycles. The van der Waals surface area contributed by atoms with Gasteiger partial charge in [0.2, 0.25) is 41.0 Å². The van der Waals surface area contributed by atoms with Crippen LogP contribution in [-0.2, 0) is 114 Å². The molecule has 0 radical (unpaired) electrons. The van der Waals surface area contributed by atoms with Crippen molar-refractivity contribution in [3.63, 3.8) is 0 Å². The van der Waals surface area contributed by atoms with Gasteiger partial charge in [0.25, 0.3) is 0 Å². The van der Waals surface area contributed by atoms with Crippen LogP contribution in [0.3, 0.4) is 0 Å². The molecule has 0 aromatic rings. The number of carbonyl (C=O) groups is 12. The van der Waals surface area contributed by atoms with Crippen molar-refractivity contribution in [1.82, 2.24) is 63.8 Å². The fourth-order valence-corrected chi connectivity index (χ4v) is 10.4. The Bertz CT molecular complexity index is 2870. The topological polar surface area (TPSA) is 584 Å². The van der Waals surface area contributed by atoms with E-state index in [1.165, 1.54) is 0 Å². The van der Waals surface area contributed by atoms with Crippen LogP contribution in [0.1, 0.15) is 202 Å². The monoisotopic (exact) mass is 1910 g/mol. The first-order valence-electron chi connectivity index (χ1n) is 45.2. The van der Waals surface area contributed by atoms with E-state index in [0.717, 1.165) is 0 Å². The lowest BCUT2D eigenvalue weighted by atomic mass is 9.84. The number of amides is 12. The van der Waals surface area contributed by atoms with Gasteiger partial charge in [-0.15, -0.1) is 0 Å². The fourth-order valence-electron chi connectivity index (χ4n) is 10.4. The number of nitro groups is 1. The number of alkyl carbamates (subject to hydrolysis) is 6. The molecule has 0 aliphatic carbocycles. The van der Waals surface area contributed by atoms with Gasteiger partial charge in [-0.1, -0.05) is 0 Å². The molecular formula is C86H164N14O32. The van der Waals surface area contributed by atoms with Gasteiger partial charge < -0.3 is 155 Å². The Morgan fingerprint density at radius 1 is 0.212 bits per heavy atom. The quantitative estimate of drug-likeness (QED) is 0.0173. The maximum absolute atomic E-state index is 12.8. The van der Waals surface area contributed by atoms with E-state index in [9.17, 15) is 67.6 Å². The molecule has 12 amide bonds. The van der Waals surface area contributed by atoms with Gasteiger partial charge in [0, 0.05) is 147 Å². The smallest absolute Gasteiger partial charge is 0.407 e. The zero-order valence-electron chi connectivity index (χ0n) is 82.0. The van der Waals surface area contributed by atoms with Crippen LogP contribution >= 0.6 is 0 Å². The lowest BCUT2D eigenvalue weighted by Crippen LogP contribution is -2.44. The van der Waals surface area contributed by atoms with Crippen molar-refractivity contribution in [2.45, 2.75) is 246 Å². The zero-order chi connectivity index (χ0) is 99.7. The molecule has 0 aliphatic rings. The number of hydrogen-bond acceptors (Lipinski definition) is 33. The summed E-state index contributed by atoms with van der Waals surface area (Å²) in [5, 5.41) is 44.6. The van der Waals surface area contributed by atoms with Gasteiger partial charge in [0.15, 0.2) is 0 Å². The van der Waals surface area contributed by atoms with Crippen LogP contribution in [0.5, 0.6) is 0 Å². The molecule has 0 spiro atoms. The van der Waals surface area contributed by atoms with Crippen LogP contribution < -0.4 is 69.5 Å². The second kappa shape index (κ2) is 73.7. The van der Waals surface area contributed by atoms with E-state index >= 15 is 0 Å². The van der Waals surface area contributed by atoms with Crippen LogP contribution in [0.4, 0.5) is 28.8 Å². The number of carbonyl (C=O) groups excluding carboxylic acids is 12. The molecule has 0 saturated carbocycles. The number of ether oxygens (including phenoxy) is 18. The Hall–Kier alpha value is -8.68. The van der Waals surface area contributed by atoms with Gasteiger partial charge in [0.05, 0.1) is 159 Å². The molecule has 0 heterocycles. The second-order valence-electron chi connectivity index (χ2n) is 35.9. The first-order valence-corrected chi connectivity index (χ1v) is 45.2. The maximum Gasteiger partial charge on any atom is 0.407 e. The van der Waals surface area contributed by atoms with Crippen LogP contribution in [0, 0.1) is 10.1 Å². The summed E-state index contributed by atoms with van der Waals surface area (Å²) >= 11 is 0. The molecule has 0 aliphatic heterocycles. The number of nitrogens with zero attached hydrogens (tertiary/aromatic N) is 1. The highest BCUT2D eigenvalue weighted by Gasteiger charge is 2.43. The molecule has 0 rings (SSSR count). The minimum absolute atomic E-state index is 0.0768. The van der Waals surface area contributed by atoms with Crippen LogP contribution in [0.2, 0.25) is 0 Å². The third-order valence-electron chi connectivity index (χ3n) is 16.5. The van der Waals surface area contributed by atoms with E-state index in [4.69, 9.17) is 91.0 Å². The first-order chi connectivity index (χ1) is 61.9.